The van der Waals surface area contributed by atoms with Gasteiger partial charge in [-0.3, -0.25) is 0 Å². The number of hydrogen-bond donors (Lipinski definition) is 2. The molecule has 1 aliphatic rings. The van der Waals surface area contributed by atoms with Crippen molar-refractivity contribution in [2.75, 3.05) is 12.4 Å². The van der Waals surface area contributed by atoms with Gasteiger partial charge in [0, 0.05) is 29.9 Å². The van der Waals surface area contributed by atoms with Crippen molar-refractivity contribution < 1.29 is 4.42 Å². The van der Waals surface area contributed by atoms with Crippen molar-refractivity contribution in [1.82, 2.24) is 9.97 Å². The fourth-order valence-corrected chi connectivity index (χ4v) is 3.90. The number of aromatic nitrogens is 2. The van der Waals surface area contributed by atoms with Crippen LogP contribution in [0.15, 0.2) is 65.2 Å². The standard InChI is InChI=1S/C23H22N4O/c1-25-22-26-14-18-19(15-6-3-2-4-7-15)20(28-21(18)27-22)16-8-10-17(11-9-16)23(24)12-5-13-23/h2-4,6-11,14H,5,12-13,24H2,1H3,(H,25,26,27). The third-order valence-electron chi connectivity index (χ3n) is 5.70. The molecule has 1 fully saturated rings. The first kappa shape index (κ1) is 17.0. The van der Waals surface area contributed by atoms with Gasteiger partial charge in [-0.15, -0.1) is 0 Å². The van der Waals surface area contributed by atoms with Crippen molar-refractivity contribution in [2.24, 2.45) is 5.73 Å². The molecule has 28 heavy (non-hydrogen) atoms. The summed E-state index contributed by atoms with van der Waals surface area (Å²) in [6.07, 6.45) is 5.12. The van der Waals surface area contributed by atoms with E-state index in [2.05, 4.69) is 51.7 Å². The number of nitrogens with two attached hydrogens (primary N) is 1. The highest BCUT2D eigenvalue weighted by molar-refractivity contribution is 6.00. The molecular formula is C23H22N4O. The summed E-state index contributed by atoms with van der Waals surface area (Å²) in [5.41, 5.74) is 11.2. The Labute approximate surface area is 163 Å². The maximum absolute atomic E-state index is 6.48. The predicted octanol–water partition coefficient (Wildman–Crippen LogP) is 4.94. The molecule has 5 rings (SSSR count). The first-order chi connectivity index (χ1) is 13.7. The van der Waals surface area contributed by atoms with E-state index in [9.17, 15) is 0 Å². The summed E-state index contributed by atoms with van der Waals surface area (Å²) in [7, 11) is 1.80. The van der Waals surface area contributed by atoms with Crippen LogP contribution in [0.1, 0.15) is 24.8 Å². The van der Waals surface area contributed by atoms with Gasteiger partial charge in [0.05, 0.1) is 5.39 Å². The Kier molecular flexibility index (Phi) is 3.91. The van der Waals surface area contributed by atoms with Crippen LogP contribution in [0.4, 0.5) is 5.95 Å². The number of furan rings is 1. The van der Waals surface area contributed by atoms with Crippen molar-refractivity contribution in [3.05, 3.63) is 66.4 Å². The Bertz CT molecular complexity index is 1130. The van der Waals surface area contributed by atoms with E-state index in [4.69, 9.17) is 10.2 Å². The van der Waals surface area contributed by atoms with Gasteiger partial charge in [-0.1, -0.05) is 54.6 Å². The molecule has 1 aliphatic carbocycles. The van der Waals surface area contributed by atoms with Crippen LogP contribution in [-0.2, 0) is 5.54 Å². The average molecular weight is 370 g/mol. The third-order valence-corrected chi connectivity index (χ3v) is 5.70. The molecule has 1 saturated carbocycles. The van der Waals surface area contributed by atoms with E-state index in [1.807, 2.05) is 24.4 Å². The zero-order valence-corrected chi connectivity index (χ0v) is 15.8. The molecule has 0 spiro atoms. The summed E-state index contributed by atoms with van der Waals surface area (Å²) in [4.78, 5) is 8.88. The third kappa shape index (κ3) is 2.67. The summed E-state index contributed by atoms with van der Waals surface area (Å²) in [5.74, 6) is 1.34. The molecule has 5 nitrogen and oxygen atoms in total. The highest BCUT2D eigenvalue weighted by atomic mass is 16.3. The van der Waals surface area contributed by atoms with E-state index in [0.717, 1.165) is 40.7 Å². The zero-order chi connectivity index (χ0) is 19.1. The minimum atomic E-state index is -0.165. The Hall–Kier alpha value is -3.18. The fraction of sp³-hybridized carbons (Fsp3) is 0.217. The van der Waals surface area contributed by atoms with E-state index in [1.54, 1.807) is 7.05 Å². The lowest BCUT2D eigenvalue weighted by Gasteiger charge is -2.38. The summed E-state index contributed by atoms with van der Waals surface area (Å²) in [5, 5.41) is 3.87. The molecule has 2 aromatic heterocycles. The number of fused-ring (bicyclic) bond motifs is 1. The van der Waals surface area contributed by atoms with Gasteiger partial charge in [0.2, 0.25) is 11.7 Å². The number of nitrogens with one attached hydrogen (secondary N) is 1. The van der Waals surface area contributed by atoms with Gasteiger partial charge in [0.15, 0.2) is 0 Å². The van der Waals surface area contributed by atoms with Gasteiger partial charge in [-0.2, -0.15) is 4.98 Å². The van der Waals surface area contributed by atoms with Crippen molar-refractivity contribution in [1.29, 1.82) is 0 Å². The summed E-state index contributed by atoms with van der Waals surface area (Å²) < 4.78 is 6.23. The Morgan fingerprint density at radius 1 is 1.00 bits per heavy atom. The van der Waals surface area contributed by atoms with Crippen molar-refractivity contribution in [3.8, 4) is 22.5 Å². The van der Waals surface area contributed by atoms with Crippen LogP contribution in [-0.4, -0.2) is 17.0 Å². The SMILES string of the molecule is CNc1ncc2c(-c3ccccc3)c(-c3ccc(C4(N)CCC4)cc3)oc2n1. The molecule has 0 bridgehead atoms. The van der Waals surface area contributed by atoms with Crippen molar-refractivity contribution in [2.45, 2.75) is 24.8 Å². The first-order valence-corrected chi connectivity index (χ1v) is 9.60. The topological polar surface area (TPSA) is 77.0 Å². The molecule has 140 valence electrons. The summed E-state index contributed by atoms with van der Waals surface area (Å²) in [6.45, 7) is 0. The predicted molar refractivity (Wildman–Crippen MR) is 112 cm³/mol. The van der Waals surface area contributed by atoms with Crippen LogP contribution in [0.3, 0.4) is 0 Å². The number of anilines is 1. The van der Waals surface area contributed by atoms with Gasteiger partial charge in [0.25, 0.3) is 0 Å². The lowest BCUT2D eigenvalue weighted by Crippen LogP contribution is -2.43. The number of benzene rings is 2. The Morgan fingerprint density at radius 2 is 1.75 bits per heavy atom. The molecule has 0 saturated heterocycles. The van der Waals surface area contributed by atoms with Crippen molar-refractivity contribution in [3.63, 3.8) is 0 Å². The van der Waals surface area contributed by atoms with Gasteiger partial charge in [-0.05, 0) is 30.4 Å². The second-order valence-electron chi connectivity index (χ2n) is 7.42. The molecular weight excluding hydrogens is 348 g/mol. The highest BCUT2D eigenvalue weighted by Gasteiger charge is 2.34. The molecule has 2 aromatic carbocycles. The number of nitrogens with zero attached hydrogens (tertiary/aromatic N) is 2. The molecule has 0 radical (unpaired) electrons. The van der Waals surface area contributed by atoms with E-state index in [-0.39, 0.29) is 5.54 Å². The van der Waals surface area contributed by atoms with Crippen LogP contribution < -0.4 is 11.1 Å². The number of hydrogen-bond acceptors (Lipinski definition) is 5. The molecule has 2 heterocycles. The van der Waals surface area contributed by atoms with E-state index >= 15 is 0 Å². The van der Waals surface area contributed by atoms with Crippen molar-refractivity contribution >= 4 is 17.0 Å². The van der Waals surface area contributed by atoms with Crippen LogP contribution >= 0.6 is 0 Å². The molecule has 5 heteroatoms. The summed E-state index contributed by atoms with van der Waals surface area (Å²) >= 11 is 0. The molecule has 3 N–H and O–H groups in total. The zero-order valence-electron chi connectivity index (χ0n) is 15.8. The maximum Gasteiger partial charge on any atom is 0.232 e. The van der Waals surface area contributed by atoms with Crippen LogP contribution in [0, 0.1) is 0 Å². The van der Waals surface area contributed by atoms with E-state index in [1.165, 1.54) is 12.0 Å². The number of rotatable bonds is 4. The maximum atomic E-state index is 6.48. The first-order valence-electron chi connectivity index (χ1n) is 9.60. The molecule has 0 unspecified atom stereocenters. The second kappa shape index (κ2) is 6.46. The van der Waals surface area contributed by atoms with Gasteiger partial charge in [0.1, 0.15) is 5.76 Å². The van der Waals surface area contributed by atoms with Gasteiger partial charge in [-0.25, -0.2) is 4.98 Å². The lowest BCUT2D eigenvalue weighted by molar-refractivity contribution is 0.253. The van der Waals surface area contributed by atoms with Crippen LogP contribution in [0.25, 0.3) is 33.6 Å². The normalized spacial score (nSPS) is 15.4. The molecule has 0 amide bonds. The average Bonchev–Trinajstić information content (AvgIpc) is 3.11. The monoisotopic (exact) mass is 370 g/mol. The van der Waals surface area contributed by atoms with Crippen LogP contribution in [0.2, 0.25) is 0 Å². The second-order valence-corrected chi connectivity index (χ2v) is 7.42. The fourth-order valence-electron chi connectivity index (χ4n) is 3.90. The molecule has 0 aliphatic heterocycles. The molecule has 4 aromatic rings. The van der Waals surface area contributed by atoms with Gasteiger partial charge >= 0.3 is 0 Å². The van der Waals surface area contributed by atoms with Crippen LogP contribution in [0.5, 0.6) is 0 Å². The lowest BCUT2D eigenvalue weighted by atomic mass is 9.72. The molecule has 0 atom stereocenters. The smallest absolute Gasteiger partial charge is 0.232 e. The quantitative estimate of drug-likeness (QED) is 0.532. The highest BCUT2D eigenvalue weighted by Crippen LogP contribution is 2.42. The Morgan fingerprint density at radius 3 is 2.39 bits per heavy atom. The van der Waals surface area contributed by atoms with E-state index < -0.39 is 0 Å². The Balaban J connectivity index is 1.67. The minimum absolute atomic E-state index is 0.165. The van der Waals surface area contributed by atoms with E-state index in [0.29, 0.717) is 11.7 Å². The largest absolute Gasteiger partial charge is 0.437 e. The minimum Gasteiger partial charge on any atom is -0.437 e. The summed E-state index contributed by atoms with van der Waals surface area (Å²) in [6, 6.07) is 18.7. The van der Waals surface area contributed by atoms with Gasteiger partial charge < -0.3 is 15.5 Å².